The molecular formula is C13H29N3O. The number of hydrogen-bond acceptors (Lipinski definition) is 4. The van der Waals surface area contributed by atoms with Crippen LogP contribution in [0, 0.1) is 5.92 Å². The fourth-order valence-corrected chi connectivity index (χ4v) is 2.55. The summed E-state index contributed by atoms with van der Waals surface area (Å²) in [6, 6.07) is 0.498. The lowest BCUT2D eigenvalue weighted by Crippen LogP contribution is -2.48. The van der Waals surface area contributed by atoms with Crippen LogP contribution in [0.4, 0.5) is 0 Å². The number of rotatable bonds is 8. The fourth-order valence-electron chi connectivity index (χ4n) is 2.55. The Labute approximate surface area is 106 Å². The van der Waals surface area contributed by atoms with Gasteiger partial charge in [0.2, 0.25) is 0 Å². The molecule has 0 radical (unpaired) electrons. The normalized spacial score (nSPS) is 22.6. The molecule has 0 aromatic carbocycles. The van der Waals surface area contributed by atoms with Gasteiger partial charge in [0.05, 0.1) is 6.61 Å². The van der Waals surface area contributed by atoms with Crippen molar-refractivity contribution < 1.29 is 4.74 Å². The molecule has 1 fully saturated rings. The van der Waals surface area contributed by atoms with Gasteiger partial charge in [-0.3, -0.25) is 4.90 Å². The van der Waals surface area contributed by atoms with Crippen LogP contribution in [-0.4, -0.2) is 69.3 Å². The Kier molecular flexibility index (Phi) is 7.04. The summed E-state index contributed by atoms with van der Waals surface area (Å²) in [5.41, 5.74) is 5.98. The fraction of sp³-hybridized carbons (Fsp3) is 1.00. The van der Waals surface area contributed by atoms with Crippen molar-refractivity contribution in [2.75, 3.05) is 53.5 Å². The molecule has 1 saturated heterocycles. The maximum absolute atomic E-state index is 5.98. The summed E-state index contributed by atoms with van der Waals surface area (Å²) in [6.45, 7) is 8.15. The summed E-state index contributed by atoms with van der Waals surface area (Å²) in [7, 11) is 4.25. The first-order chi connectivity index (χ1) is 8.19. The van der Waals surface area contributed by atoms with E-state index >= 15 is 0 Å². The molecular weight excluding hydrogens is 214 g/mol. The van der Waals surface area contributed by atoms with Gasteiger partial charge in [0.15, 0.2) is 0 Å². The van der Waals surface area contributed by atoms with Crippen LogP contribution in [0.3, 0.4) is 0 Å². The van der Waals surface area contributed by atoms with Crippen LogP contribution < -0.4 is 5.73 Å². The van der Waals surface area contributed by atoms with Crippen molar-refractivity contribution in [2.45, 2.75) is 25.8 Å². The summed E-state index contributed by atoms with van der Waals surface area (Å²) in [4.78, 5) is 4.79. The van der Waals surface area contributed by atoms with Crippen LogP contribution in [0.25, 0.3) is 0 Å². The van der Waals surface area contributed by atoms with Crippen LogP contribution >= 0.6 is 0 Å². The van der Waals surface area contributed by atoms with E-state index in [2.05, 4.69) is 30.8 Å². The third kappa shape index (κ3) is 4.92. The van der Waals surface area contributed by atoms with Gasteiger partial charge in [0.25, 0.3) is 0 Å². The molecule has 1 aliphatic heterocycles. The number of nitrogens with zero attached hydrogens (tertiary/aromatic N) is 2. The second kappa shape index (κ2) is 8.03. The molecule has 102 valence electrons. The van der Waals surface area contributed by atoms with Crippen molar-refractivity contribution in [3.8, 4) is 0 Å². The molecule has 2 N–H and O–H groups in total. The summed E-state index contributed by atoms with van der Waals surface area (Å²) in [6.07, 6.45) is 2.36. The third-order valence-electron chi connectivity index (χ3n) is 3.56. The van der Waals surface area contributed by atoms with Crippen molar-refractivity contribution in [3.63, 3.8) is 0 Å². The summed E-state index contributed by atoms with van der Waals surface area (Å²) in [5, 5.41) is 0. The average molecular weight is 243 g/mol. The smallest absolute Gasteiger partial charge is 0.0510 e. The van der Waals surface area contributed by atoms with Gasteiger partial charge in [-0.05, 0) is 33.5 Å². The summed E-state index contributed by atoms with van der Waals surface area (Å²) in [5.74, 6) is 0.633. The van der Waals surface area contributed by atoms with Crippen LogP contribution in [0.2, 0.25) is 0 Å². The Bertz CT molecular complexity index is 193. The highest BCUT2D eigenvalue weighted by Crippen LogP contribution is 2.20. The van der Waals surface area contributed by atoms with Gasteiger partial charge in [0.1, 0.15) is 0 Å². The molecule has 0 amide bonds. The Balaban J connectivity index is 2.51. The Morgan fingerprint density at radius 3 is 2.53 bits per heavy atom. The first kappa shape index (κ1) is 14.9. The molecule has 1 aliphatic rings. The second-order valence-electron chi connectivity index (χ2n) is 5.27. The zero-order valence-electron chi connectivity index (χ0n) is 11.7. The van der Waals surface area contributed by atoms with Gasteiger partial charge in [-0.25, -0.2) is 0 Å². The van der Waals surface area contributed by atoms with E-state index in [0.717, 1.165) is 39.4 Å². The van der Waals surface area contributed by atoms with Crippen molar-refractivity contribution in [1.82, 2.24) is 9.80 Å². The quantitative estimate of drug-likeness (QED) is 0.679. The van der Waals surface area contributed by atoms with E-state index in [1.165, 1.54) is 12.8 Å². The SMILES string of the molecule is CCCN(CCN(C)C)C(CN)C1CCOC1. The molecule has 2 atom stereocenters. The maximum atomic E-state index is 5.98. The molecule has 0 bridgehead atoms. The van der Waals surface area contributed by atoms with E-state index in [9.17, 15) is 0 Å². The predicted molar refractivity (Wildman–Crippen MR) is 72.2 cm³/mol. The van der Waals surface area contributed by atoms with Gasteiger partial charge in [-0.1, -0.05) is 6.92 Å². The van der Waals surface area contributed by atoms with E-state index in [0.29, 0.717) is 12.0 Å². The zero-order chi connectivity index (χ0) is 12.7. The van der Waals surface area contributed by atoms with E-state index in [4.69, 9.17) is 10.5 Å². The zero-order valence-corrected chi connectivity index (χ0v) is 11.7. The lowest BCUT2D eigenvalue weighted by atomic mass is 9.97. The van der Waals surface area contributed by atoms with Crippen LogP contribution in [0.15, 0.2) is 0 Å². The molecule has 1 rings (SSSR count). The summed E-state index contributed by atoms with van der Waals surface area (Å²) < 4.78 is 5.50. The largest absolute Gasteiger partial charge is 0.381 e. The number of hydrogen-bond donors (Lipinski definition) is 1. The van der Waals surface area contributed by atoms with Crippen molar-refractivity contribution in [2.24, 2.45) is 11.7 Å². The molecule has 1 heterocycles. The van der Waals surface area contributed by atoms with Gasteiger partial charge >= 0.3 is 0 Å². The van der Waals surface area contributed by atoms with Gasteiger partial charge in [0, 0.05) is 38.2 Å². The molecule has 0 aliphatic carbocycles. The molecule has 4 nitrogen and oxygen atoms in total. The maximum Gasteiger partial charge on any atom is 0.0510 e. The molecule has 17 heavy (non-hydrogen) atoms. The minimum absolute atomic E-state index is 0.498. The highest BCUT2D eigenvalue weighted by Gasteiger charge is 2.28. The minimum Gasteiger partial charge on any atom is -0.381 e. The van der Waals surface area contributed by atoms with Crippen LogP contribution in [0.1, 0.15) is 19.8 Å². The molecule has 0 saturated carbocycles. The van der Waals surface area contributed by atoms with E-state index < -0.39 is 0 Å². The van der Waals surface area contributed by atoms with Crippen molar-refractivity contribution in [3.05, 3.63) is 0 Å². The molecule has 4 heteroatoms. The topological polar surface area (TPSA) is 41.7 Å². The predicted octanol–water partition coefficient (Wildman–Crippen LogP) is 0.624. The van der Waals surface area contributed by atoms with Gasteiger partial charge in [-0.15, -0.1) is 0 Å². The standard InChI is InChI=1S/C13H29N3O/c1-4-6-16(8-7-15(2)3)13(10-14)12-5-9-17-11-12/h12-13H,4-11,14H2,1-3H3. The Morgan fingerprint density at radius 1 is 1.29 bits per heavy atom. The molecule has 0 aromatic rings. The second-order valence-corrected chi connectivity index (χ2v) is 5.27. The number of nitrogens with two attached hydrogens (primary N) is 1. The first-order valence-corrected chi connectivity index (χ1v) is 6.85. The molecule has 2 unspecified atom stereocenters. The highest BCUT2D eigenvalue weighted by atomic mass is 16.5. The van der Waals surface area contributed by atoms with Gasteiger partial charge in [-0.2, -0.15) is 0 Å². The first-order valence-electron chi connectivity index (χ1n) is 6.85. The average Bonchev–Trinajstić information content (AvgIpc) is 2.80. The van der Waals surface area contributed by atoms with Crippen LogP contribution in [-0.2, 0) is 4.74 Å². The summed E-state index contributed by atoms with van der Waals surface area (Å²) >= 11 is 0. The molecule has 0 aromatic heterocycles. The van der Waals surface area contributed by atoms with Crippen molar-refractivity contribution in [1.29, 1.82) is 0 Å². The third-order valence-corrected chi connectivity index (χ3v) is 3.56. The van der Waals surface area contributed by atoms with Crippen molar-refractivity contribution >= 4 is 0 Å². The Hall–Kier alpha value is -0.160. The van der Waals surface area contributed by atoms with E-state index in [1.54, 1.807) is 0 Å². The minimum atomic E-state index is 0.498. The van der Waals surface area contributed by atoms with E-state index in [-0.39, 0.29) is 0 Å². The lowest BCUT2D eigenvalue weighted by Gasteiger charge is -2.34. The van der Waals surface area contributed by atoms with Crippen LogP contribution in [0.5, 0.6) is 0 Å². The number of likely N-dealkylation sites (N-methyl/N-ethyl adjacent to an activating group) is 1. The number of ether oxygens (including phenoxy) is 1. The van der Waals surface area contributed by atoms with E-state index in [1.807, 2.05) is 0 Å². The lowest BCUT2D eigenvalue weighted by molar-refractivity contribution is 0.115. The highest BCUT2D eigenvalue weighted by molar-refractivity contribution is 4.83. The molecule has 0 spiro atoms. The monoisotopic (exact) mass is 243 g/mol. The van der Waals surface area contributed by atoms with Gasteiger partial charge < -0.3 is 15.4 Å². The Morgan fingerprint density at radius 2 is 2.06 bits per heavy atom.